The minimum atomic E-state index is 0.0266. The molecule has 0 saturated carbocycles. The predicted molar refractivity (Wildman–Crippen MR) is 61.2 cm³/mol. The van der Waals surface area contributed by atoms with E-state index in [-0.39, 0.29) is 6.04 Å². The summed E-state index contributed by atoms with van der Waals surface area (Å²) in [6.45, 7) is 1.91. The number of hydrogen-bond acceptors (Lipinski definition) is 3. The van der Waals surface area contributed by atoms with Gasteiger partial charge in [0.15, 0.2) is 0 Å². The average Bonchev–Trinajstić information content (AvgIpc) is 2.15. The van der Waals surface area contributed by atoms with Crippen molar-refractivity contribution in [2.24, 2.45) is 5.73 Å². The van der Waals surface area contributed by atoms with Gasteiger partial charge >= 0.3 is 0 Å². The second-order valence-corrected chi connectivity index (χ2v) is 3.89. The second-order valence-electron chi connectivity index (χ2n) is 2.97. The van der Waals surface area contributed by atoms with E-state index < -0.39 is 0 Å². The zero-order chi connectivity index (χ0) is 10.6. The molecule has 3 nitrogen and oxygen atoms in total. The van der Waals surface area contributed by atoms with Crippen LogP contribution < -0.4 is 10.5 Å². The largest absolute Gasteiger partial charge is 0.481 e. The van der Waals surface area contributed by atoms with Gasteiger partial charge in [-0.25, -0.2) is 4.98 Å². The van der Waals surface area contributed by atoms with Crippen LogP contribution in [0.25, 0.3) is 6.08 Å². The lowest BCUT2D eigenvalue weighted by atomic mass is 10.2. The zero-order valence-electron chi connectivity index (χ0n) is 8.20. The van der Waals surface area contributed by atoms with Gasteiger partial charge in [0, 0.05) is 22.3 Å². The highest BCUT2D eigenvalue weighted by Crippen LogP contribution is 2.20. The summed E-state index contributed by atoms with van der Waals surface area (Å²) in [6, 6.07) is 1.96. The predicted octanol–water partition coefficient (Wildman–Crippen LogP) is 2.21. The molecule has 1 atom stereocenters. The lowest BCUT2D eigenvalue weighted by molar-refractivity contribution is 0.396. The van der Waals surface area contributed by atoms with Crippen LogP contribution in [-0.4, -0.2) is 18.1 Å². The van der Waals surface area contributed by atoms with Gasteiger partial charge < -0.3 is 10.5 Å². The van der Waals surface area contributed by atoms with Crippen LogP contribution in [0.1, 0.15) is 12.5 Å². The fraction of sp³-hybridized carbons (Fsp3) is 0.300. The molecule has 1 rings (SSSR count). The van der Waals surface area contributed by atoms with Gasteiger partial charge in [0.1, 0.15) is 0 Å². The summed E-state index contributed by atoms with van der Waals surface area (Å²) in [7, 11) is 1.60. The van der Waals surface area contributed by atoms with Gasteiger partial charge in [-0.3, -0.25) is 0 Å². The molecule has 14 heavy (non-hydrogen) atoms. The molecule has 0 radical (unpaired) electrons. The zero-order valence-corrected chi connectivity index (χ0v) is 9.78. The van der Waals surface area contributed by atoms with Crippen LogP contribution in [0.15, 0.2) is 22.8 Å². The molecule has 0 fully saturated rings. The Morgan fingerprint density at radius 3 is 2.93 bits per heavy atom. The highest BCUT2D eigenvalue weighted by molar-refractivity contribution is 9.10. The number of nitrogens with zero attached hydrogens (tertiary/aromatic N) is 1. The number of hydrogen-bond donors (Lipinski definition) is 1. The van der Waals surface area contributed by atoms with Crippen LogP contribution in [0, 0.1) is 0 Å². The van der Waals surface area contributed by atoms with E-state index in [4.69, 9.17) is 10.5 Å². The molecule has 0 bridgehead atoms. The van der Waals surface area contributed by atoms with Gasteiger partial charge in [-0.1, -0.05) is 12.2 Å². The summed E-state index contributed by atoms with van der Waals surface area (Å²) in [4.78, 5) is 4.11. The van der Waals surface area contributed by atoms with Crippen LogP contribution in [-0.2, 0) is 0 Å². The molecule has 0 amide bonds. The molecule has 0 aliphatic heterocycles. The molecule has 0 aromatic carbocycles. The molecule has 0 aliphatic rings. The van der Waals surface area contributed by atoms with Crippen molar-refractivity contribution in [1.82, 2.24) is 4.98 Å². The van der Waals surface area contributed by atoms with E-state index in [1.807, 2.05) is 25.1 Å². The smallest absolute Gasteiger partial charge is 0.220 e. The van der Waals surface area contributed by atoms with Gasteiger partial charge in [0.05, 0.1) is 7.11 Å². The van der Waals surface area contributed by atoms with Crippen molar-refractivity contribution >= 4 is 22.0 Å². The first-order chi connectivity index (χ1) is 6.63. The fourth-order valence-corrected chi connectivity index (χ4v) is 1.34. The Bertz CT molecular complexity index is 337. The van der Waals surface area contributed by atoms with Gasteiger partial charge in [-0.15, -0.1) is 0 Å². The highest BCUT2D eigenvalue weighted by atomic mass is 79.9. The molecule has 0 spiro atoms. The normalized spacial score (nSPS) is 13.1. The Labute approximate surface area is 92.1 Å². The summed E-state index contributed by atoms with van der Waals surface area (Å²) in [6.07, 6.45) is 5.50. The number of methoxy groups -OCH3 is 1. The van der Waals surface area contributed by atoms with E-state index in [1.54, 1.807) is 13.3 Å². The summed E-state index contributed by atoms with van der Waals surface area (Å²) < 4.78 is 6.03. The number of pyridine rings is 1. The van der Waals surface area contributed by atoms with Crippen LogP contribution in [0.5, 0.6) is 5.88 Å². The number of ether oxygens (including phenoxy) is 1. The standard InChI is InChI=1S/C10H13BrN2O/c1-7(12)3-4-8-5-9(11)6-13-10(8)14-2/h3-7H,12H2,1-2H3/b4-3+. The third-order valence-electron chi connectivity index (χ3n) is 1.62. The Balaban J connectivity index is 2.99. The van der Waals surface area contributed by atoms with Crippen molar-refractivity contribution in [2.45, 2.75) is 13.0 Å². The quantitative estimate of drug-likeness (QED) is 0.903. The Morgan fingerprint density at radius 2 is 2.36 bits per heavy atom. The SMILES string of the molecule is COc1ncc(Br)cc1/C=C/C(C)N. The van der Waals surface area contributed by atoms with Gasteiger partial charge in [-0.2, -0.15) is 0 Å². The van der Waals surface area contributed by atoms with Crippen molar-refractivity contribution < 1.29 is 4.74 Å². The molecule has 1 heterocycles. The maximum atomic E-state index is 5.61. The van der Waals surface area contributed by atoms with E-state index in [0.29, 0.717) is 5.88 Å². The molecule has 1 aromatic heterocycles. The molecule has 0 aliphatic carbocycles. The fourth-order valence-electron chi connectivity index (χ4n) is 0.988. The van der Waals surface area contributed by atoms with Crippen LogP contribution in [0.2, 0.25) is 0 Å². The number of aromatic nitrogens is 1. The molecule has 2 N–H and O–H groups in total. The minimum absolute atomic E-state index is 0.0266. The molecule has 76 valence electrons. The van der Waals surface area contributed by atoms with Crippen molar-refractivity contribution in [3.63, 3.8) is 0 Å². The second kappa shape index (κ2) is 5.12. The molecule has 4 heteroatoms. The number of rotatable bonds is 3. The van der Waals surface area contributed by atoms with Crippen molar-refractivity contribution in [3.8, 4) is 5.88 Å². The van der Waals surface area contributed by atoms with Gasteiger partial charge in [0.2, 0.25) is 5.88 Å². The average molecular weight is 257 g/mol. The Morgan fingerprint density at radius 1 is 1.64 bits per heavy atom. The summed E-state index contributed by atoms with van der Waals surface area (Å²) >= 11 is 3.35. The molecular weight excluding hydrogens is 244 g/mol. The van der Waals surface area contributed by atoms with E-state index >= 15 is 0 Å². The molecule has 0 saturated heterocycles. The first-order valence-corrected chi connectivity index (χ1v) is 5.06. The summed E-state index contributed by atoms with van der Waals surface area (Å²) in [5, 5.41) is 0. The number of nitrogens with two attached hydrogens (primary N) is 1. The van der Waals surface area contributed by atoms with E-state index in [1.165, 1.54) is 0 Å². The molecular formula is C10H13BrN2O. The topological polar surface area (TPSA) is 48.1 Å². The third kappa shape index (κ3) is 3.12. The van der Waals surface area contributed by atoms with E-state index in [0.717, 1.165) is 10.0 Å². The maximum absolute atomic E-state index is 5.61. The lowest BCUT2D eigenvalue weighted by Crippen LogP contribution is -2.10. The van der Waals surface area contributed by atoms with Crippen molar-refractivity contribution in [2.75, 3.05) is 7.11 Å². The van der Waals surface area contributed by atoms with Crippen LogP contribution >= 0.6 is 15.9 Å². The lowest BCUT2D eigenvalue weighted by Gasteiger charge is -2.03. The highest BCUT2D eigenvalue weighted by Gasteiger charge is 2.01. The van der Waals surface area contributed by atoms with E-state index in [2.05, 4.69) is 20.9 Å². The van der Waals surface area contributed by atoms with Crippen molar-refractivity contribution in [1.29, 1.82) is 0 Å². The third-order valence-corrected chi connectivity index (χ3v) is 2.05. The Kier molecular flexibility index (Phi) is 4.10. The molecule has 1 unspecified atom stereocenters. The van der Waals surface area contributed by atoms with Gasteiger partial charge in [-0.05, 0) is 28.9 Å². The van der Waals surface area contributed by atoms with E-state index in [9.17, 15) is 0 Å². The maximum Gasteiger partial charge on any atom is 0.220 e. The summed E-state index contributed by atoms with van der Waals surface area (Å²) in [5.74, 6) is 0.602. The van der Waals surface area contributed by atoms with Crippen LogP contribution in [0.4, 0.5) is 0 Å². The first-order valence-electron chi connectivity index (χ1n) is 4.27. The van der Waals surface area contributed by atoms with Crippen LogP contribution in [0.3, 0.4) is 0 Å². The summed E-state index contributed by atoms with van der Waals surface area (Å²) in [5.41, 5.74) is 6.53. The Hall–Kier alpha value is -0.870. The monoisotopic (exact) mass is 256 g/mol. The minimum Gasteiger partial charge on any atom is -0.481 e. The number of halogens is 1. The molecule has 1 aromatic rings. The van der Waals surface area contributed by atoms with Crippen molar-refractivity contribution in [3.05, 3.63) is 28.4 Å². The first kappa shape index (κ1) is 11.2. The van der Waals surface area contributed by atoms with Gasteiger partial charge in [0.25, 0.3) is 0 Å².